The second-order valence-corrected chi connectivity index (χ2v) is 14.4. The van der Waals surface area contributed by atoms with Crippen LogP contribution in [0.25, 0.3) is 0 Å². The molecule has 0 radical (unpaired) electrons. The van der Waals surface area contributed by atoms with Crippen molar-refractivity contribution < 1.29 is 54.2 Å². The Morgan fingerprint density at radius 2 is 1.16 bits per heavy atom. The minimum Gasteiger partial charge on any atom is -0.481 e. The van der Waals surface area contributed by atoms with Crippen molar-refractivity contribution in [3.8, 4) is 0 Å². The van der Waals surface area contributed by atoms with Gasteiger partial charge < -0.3 is 20.5 Å². The van der Waals surface area contributed by atoms with Gasteiger partial charge in [-0.05, 0) is 46.1 Å². The molecule has 0 aliphatic heterocycles. The van der Waals surface area contributed by atoms with Crippen molar-refractivity contribution in [3.05, 3.63) is 35.9 Å². The summed E-state index contributed by atoms with van der Waals surface area (Å²) in [6.07, 6.45) is 0.455. The van der Waals surface area contributed by atoms with Crippen LogP contribution in [0.3, 0.4) is 0 Å². The molecule has 0 unspecified atom stereocenters. The van der Waals surface area contributed by atoms with Crippen molar-refractivity contribution >= 4 is 44.0 Å². The molecule has 14 nitrogen and oxygen atoms in total. The van der Waals surface area contributed by atoms with Gasteiger partial charge in [0.05, 0.1) is 35.5 Å². The first kappa shape index (κ1) is 39.9. The van der Waals surface area contributed by atoms with Crippen molar-refractivity contribution in [1.82, 2.24) is 10.6 Å². The summed E-state index contributed by atoms with van der Waals surface area (Å²) in [5.41, 5.74) is -1.51. The summed E-state index contributed by atoms with van der Waals surface area (Å²) in [4.78, 5) is 44.2. The Hall–Kier alpha value is -3.08. The lowest BCUT2D eigenvalue weighted by atomic mass is 9.95. The van der Waals surface area contributed by atoms with Crippen LogP contribution in [0.1, 0.15) is 59.9 Å². The van der Waals surface area contributed by atoms with E-state index in [-0.39, 0.29) is 62.5 Å². The molecule has 0 heterocycles. The second-order valence-electron chi connectivity index (χ2n) is 10.9. The molecule has 0 aliphatic rings. The predicted molar refractivity (Wildman–Crippen MR) is 158 cm³/mol. The van der Waals surface area contributed by atoms with Crippen LogP contribution < -0.4 is 10.6 Å². The van der Waals surface area contributed by atoms with E-state index in [0.29, 0.717) is 0 Å². The smallest absolute Gasteiger partial charge is 0.314 e. The van der Waals surface area contributed by atoms with Crippen LogP contribution in [0.15, 0.2) is 30.3 Å². The summed E-state index contributed by atoms with van der Waals surface area (Å²) < 4.78 is 61.3. The number of carboxylic acids is 1. The molecule has 2 amide bonds. The Labute approximate surface area is 254 Å². The molecule has 0 fully saturated rings. The second kappa shape index (κ2) is 18.6. The van der Waals surface area contributed by atoms with E-state index in [1.54, 1.807) is 13.8 Å². The average Bonchev–Trinajstić information content (AvgIpc) is 2.91. The van der Waals surface area contributed by atoms with Crippen molar-refractivity contribution in [3.63, 3.8) is 0 Å². The molecule has 1 rings (SSSR count). The van der Waals surface area contributed by atoms with Crippen LogP contribution in [0.4, 0.5) is 0 Å². The Morgan fingerprint density at radius 1 is 0.744 bits per heavy atom. The number of amides is 2. The summed E-state index contributed by atoms with van der Waals surface area (Å²) >= 11 is 0. The Morgan fingerprint density at radius 3 is 1.56 bits per heavy atom. The van der Waals surface area contributed by atoms with Gasteiger partial charge >= 0.3 is 11.9 Å². The van der Waals surface area contributed by atoms with E-state index in [9.17, 15) is 36.0 Å². The summed E-state index contributed by atoms with van der Waals surface area (Å²) in [5.74, 6) is -2.62. The van der Waals surface area contributed by atoms with E-state index in [0.717, 1.165) is 5.56 Å². The minimum atomic E-state index is -3.77. The fourth-order valence-corrected chi connectivity index (χ4v) is 4.84. The molecule has 0 atom stereocenters. The highest BCUT2D eigenvalue weighted by molar-refractivity contribution is 7.86. The largest absolute Gasteiger partial charge is 0.481 e. The molecule has 3 N–H and O–H groups in total. The van der Waals surface area contributed by atoms with E-state index in [4.69, 9.17) is 14.0 Å². The van der Waals surface area contributed by atoms with Crippen LogP contribution in [0.5, 0.6) is 0 Å². The van der Waals surface area contributed by atoms with Gasteiger partial charge in [-0.25, -0.2) is 0 Å². The van der Waals surface area contributed by atoms with E-state index in [2.05, 4.69) is 14.8 Å². The first-order valence-corrected chi connectivity index (χ1v) is 16.5. The van der Waals surface area contributed by atoms with Crippen molar-refractivity contribution in [2.24, 2.45) is 10.8 Å². The molecule has 0 spiro atoms. The summed E-state index contributed by atoms with van der Waals surface area (Å²) in [6, 6.07) is 9.20. The number of carbonyl (C=O) groups is 4. The lowest BCUT2D eigenvalue weighted by molar-refractivity contribution is -0.157. The number of hydrogen-bond donors (Lipinski definition) is 3. The molecular formula is C27H44N2O12S2. The SMILES string of the molecule is CC(=O)NCCCS(=O)(=O)OCC(C)(C)C(=O)O.CC(=O)NCCCS(=O)(=O)OCC(C)(C)C(=O)OCc1ccccc1. The van der Waals surface area contributed by atoms with Gasteiger partial charge in [0.25, 0.3) is 20.2 Å². The Bertz CT molecular complexity index is 1260. The van der Waals surface area contributed by atoms with Crippen LogP contribution >= 0.6 is 0 Å². The van der Waals surface area contributed by atoms with E-state index >= 15 is 0 Å². The normalized spacial score (nSPS) is 12.0. The molecule has 246 valence electrons. The minimum absolute atomic E-state index is 0.118. The maximum atomic E-state index is 12.1. The fourth-order valence-electron chi connectivity index (χ4n) is 2.66. The highest BCUT2D eigenvalue weighted by Crippen LogP contribution is 2.20. The number of aliphatic carboxylic acids is 1. The highest BCUT2D eigenvalue weighted by Gasteiger charge is 2.32. The van der Waals surface area contributed by atoms with Crippen molar-refractivity contribution in [2.45, 2.75) is 61.0 Å². The number of hydrogen-bond acceptors (Lipinski definition) is 11. The van der Waals surface area contributed by atoms with Gasteiger partial charge in [0, 0.05) is 26.9 Å². The average molecular weight is 653 g/mol. The number of carboxylic acid groups (broad SMARTS) is 1. The fraction of sp³-hybridized carbons (Fsp3) is 0.630. The number of esters is 1. The summed E-state index contributed by atoms with van der Waals surface area (Å²) in [7, 11) is -7.53. The quantitative estimate of drug-likeness (QED) is 0.117. The van der Waals surface area contributed by atoms with Gasteiger partial charge in [-0.2, -0.15) is 16.8 Å². The molecule has 0 saturated carbocycles. The van der Waals surface area contributed by atoms with Gasteiger partial charge in [-0.1, -0.05) is 30.3 Å². The molecular weight excluding hydrogens is 608 g/mol. The monoisotopic (exact) mass is 652 g/mol. The molecule has 0 aromatic heterocycles. The summed E-state index contributed by atoms with van der Waals surface area (Å²) in [6.45, 7) is 8.46. The van der Waals surface area contributed by atoms with Gasteiger partial charge in [0.1, 0.15) is 6.61 Å². The van der Waals surface area contributed by atoms with Gasteiger partial charge in [-0.15, -0.1) is 0 Å². The van der Waals surface area contributed by atoms with Crippen LogP contribution in [0.2, 0.25) is 0 Å². The zero-order valence-electron chi connectivity index (χ0n) is 25.5. The maximum absolute atomic E-state index is 12.1. The van der Waals surface area contributed by atoms with Crippen LogP contribution in [-0.2, 0) is 59.1 Å². The zero-order chi connectivity index (χ0) is 33.3. The molecule has 0 bridgehead atoms. The Kier molecular flexibility index (Phi) is 17.2. The first-order chi connectivity index (χ1) is 19.7. The lowest BCUT2D eigenvalue weighted by Crippen LogP contribution is -2.33. The topological polar surface area (TPSA) is 209 Å². The third kappa shape index (κ3) is 19.7. The van der Waals surface area contributed by atoms with Crippen LogP contribution in [-0.4, -0.2) is 83.5 Å². The maximum Gasteiger partial charge on any atom is 0.314 e. The number of nitrogens with one attached hydrogen (secondary N) is 2. The molecule has 1 aromatic rings. The molecule has 0 aliphatic carbocycles. The molecule has 16 heteroatoms. The molecule has 1 aromatic carbocycles. The molecule has 43 heavy (non-hydrogen) atoms. The lowest BCUT2D eigenvalue weighted by Gasteiger charge is -2.22. The van der Waals surface area contributed by atoms with E-state index < -0.39 is 49.6 Å². The van der Waals surface area contributed by atoms with Crippen molar-refractivity contribution in [2.75, 3.05) is 37.8 Å². The number of benzene rings is 1. The predicted octanol–water partition coefficient (Wildman–Crippen LogP) is 1.60. The Balaban J connectivity index is 0.000000869. The van der Waals surface area contributed by atoms with Crippen molar-refractivity contribution in [1.29, 1.82) is 0 Å². The zero-order valence-corrected chi connectivity index (χ0v) is 27.1. The summed E-state index contributed by atoms with van der Waals surface area (Å²) in [5, 5.41) is 13.8. The number of carbonyl (C=O) groups excluding carboxylic acids is 3. The first-order valence-electron chi connectivity index (χ1n) is 13.4. The number of rotatable bonds is 18. The van der Waals surface area contributed by atoms with E-state index in [1.807, 2.05) is 30.3 Å². The third-order valence-electron chi connectivity index (χ3n) is 5.43. The van der Waals surface area contributed by atoms with Gasteiger partial charge in [-0.3, -0.25) is 27.5 Å². The van der Waals surface area contributed by atoms with Gasteiger partial charge in [0.2, 0.25) is 11.8 Å². The highest BCUT2D eigenvalue weighted by atomic mass is 32.2. The third-order valence-corrected chi connectivity index (χ3v) is 7.96. The molecule has 0 saturated heterocycles. The number of ether oxygens (including phenoxy) is 1. The van der Waals surface area contributed by atoms with Crippen LogP contribution in [0, 0.1) is 10.8 Å². The van der Waals surface area contributed by atoms with Gasteiger partial charge in [0.15, 0.2) is 0 Å². The standard InChI is InChI=1S/C17H25NO6S.C10H19NO6S/c1-14(19)18-10-7-11-25(21,22)24-13-17(2,3)16(20)23-12-15-8-5-4-6-9-15;1-8(12)11-5-4-6-18(15,16)17-7-10(2,3)9(13)14/h4-6,8-9H,7,10-13H2,1-3H3,(H,18,19);4-7H2,1-3H3,(H,11,12)(H,13,14). The van der Waals surface area contributed by atoms with E-state index in [1.165, 1.54) is 27.7 Å².